The zero-order valence-electron chi connectivity index (χ0n) is 11.7. The highest BCUT2D eigenvalue weighted by molar-refractivity contribution is 6.42. The number of rotatable bonds is 5. The van der Waals surface area contributed by atoms with E-state index in [1.165, 1.54) is 24.3 Å². The van der Waals surface area contributed by atoms with Gasteiger partial charge in [0.1, 0.15) is 6.61 Å². The Labute approximate surface area is 142 Å². The summed E-state index contributed by atoms with van der Waals surface area (Å²) >= 11 is 11.7. The van der Waals surface area contributed by atoms with Crippen LogP contribution < -0.4 is 0 Å². The van der Waals surface area contributed by atoms with Gasteiger partial charge in [0, 0.05) is 18.2 Å². The first-order chi connectivity index (χ1) is 11.0. The molecule has 0 atom stereocenters. The molecule has 0 unspecified atom stereocenters. The molecule has 5 nitrogen and oxygen atoms in total. The Bertz CT molecular complexity index is 757. The molecule has 23 heavy (non-hydrogen) atoms. The molecule has 0 bridgehead atoms. The minimum Gasteiger partial charge on any atom is -0.458 e. The lowest BCUT2D eigenvalue weighted by Gasteiger charge is -2.03. The van der Waals surface area contributed by atoms with E-state index in [0.29, 0.717) is 15.6 Å². The summed E-state index contributed by atoms with van der Waals surface area (Å²) in [5, 5.41) is 11.4. The van der Waals surface area contributed by atoms with E-state index in [1.807, 2.05) is 0 Å². The second-order valence-corrected chi connectivity index (χ2v) is 5.35. The van der Waals surface area contributed by atoms with Gasteiger partial charge in [-0.15, -0.1) is 0 Å². The Balaban J connectivity index is 1.90. The molecule has 0 aliphatic rings. The highest BCUT2D eigenvalue weighted by Gasteiger charge is 2.04. The Morgan fingerprint density at radius 3 is 2.43 bits per heavy atom. The first kappa shape index (κ1) is 17.0. The molecule has 0 aromatic heterocycles. The Hall–Kier alpha value is -2.37. The largest absolute Gasteiger partial charge is 0.458 e. The van der Waals surface area contributed by atoms with Gasteiger partial charge in [0.25, 0.3) is 5.69 Å². The third-order valence-electron chi connectivity index (χ3n) is 2.88. The zero-order chi connectivity index (χ0) is 16.8. The molecule has 2 aromatic carbocycles. The Kier molecular flexibility index (Phi) is 5.73. The molecule has 0 heterocycles. The van der Waals surface area contributed by atoms with Crippen molar-refractivity contribution < 1.29 is 14.5 Å². The predicted octanol–water partition coefficient (Wildman–Crippen LogP) is 4.66. The van der Waals surface area contributed by atoms with Crippen molar-refractivity contribution in [2.24, 2.45) is 0 Å². The fourth-order valence-electron chi connectivity index (χ4n) is 1.70. The number of esters is 1. The van der Waals surface area contributed by atoms with Crippen molar-refractivity contribution in [3.05, 3.63) is 79.8 Å². The molecule has 0 fully saturated rings. The van der Waals surface area contributed by atoms with Crippen LogP contribution in [0.2, 0.25) is 10.0 Å². The molecule has 0 spiro atoms. The average molecular weight is 352 g/mol. The van der Waals surface area contributed by atoms with Gasteiger partial charge >= 0.3 is 5.97 Å². The van der Waals surface area contributed by atoms with Crippen molar-refractivity contribution in [1.82, 2.24) is 0 Å². The molecule has 0 saturated carbocycles. The number of hydrogen-bond acceptors (Lipinski definition) is 4. The number of ether oxygens (including phenoxy) is 1. The molecule has 0 radical (unpaired) electrons. The van der Waals surface area contributed by atoms with Gasteiger partial charge in [0.2, 0.25) is 0 Å². The van der Waals surface area contributed by atoms with Gasteiger partial charge in [-0.25, -0.2) is 4.79 Å². The van der Waals surface area contributed by atoms with Gasteiger partial charge in [0.05, 0.1) is 15.0 Å². The smallest absolute Gasteiger partial charge is 0.331 e. The molecule has 118 valence electrons. The molecule has 0 saturated heterocycles. The molecular weight excluding hydrogens is 341 g/mol. The van der Waals surface area contributed by atoms with Crippen LogP contribution >= 0.6 is 23.2 Å². The number of benzene rings is 2. The lowest BCUT2D eigenvalue weighted by Crippen LogP contribution is -2.00. The van der Waals surface area contributed by atoms with E-state index in [1.54, 1.807) is 30.3 Å². The molecule has 7 heteroatoms. The first-order valence-corrected chi connectivity index (χ1v) is 7.24. The van der Waals surface area contributed by atoms with Crippen LogP contribution in [0.3, 0.4) is 0 Å². The molecule has 0 amide bonds. The second-order valence-electron chi connectivity index (χ2n) is 4.54. The van der Waals surface area contributed by atoms with Crippen LogP contribution in [0.4, 0.5) is 5.69 Å². The first-order valence-electron chi connectivity index (χ1n) is 6.49. The summed E-state index contributed by atoms with van der Waals surface area (Å²) in [7, 11) is 0. The Morgan fingerprint density at radius 1 is 1.13 bits per heavy atom. The third-order valence-corrected chi connectivity index (χ3v) is 3.62. The maximum Gasteiger partial charge on any atom is 0.331 e. The number of nitrogens with zero attached hydrogens (tertiary/aromatic N) is 1. The normalized spacial score (nSPS) is 10.7. The van der Waals surface area contributed by atoms with Crippen LogP contribution in [0, 0.1) is 10.1 Å². The van der Waals surface area contributed by atoms with E-state index in [-0.39, 0.29) is 12.3 Å². The van der Waals surface area contributed by atoms with E-state index >= 15 is 0 Å². The fourth-order valence-corrected chi connectivity index (χ4v) is 2.02. The van der Waals surface area contributed by atoms with E-state index in [2.05, 4.69) is 0 Å². The molecule has 0 aliphatic heterocycles. The minimum absolute atomic E-state index is 0.00987. The van der Waals surface area contributed by atoms with Gasteiger partial charge in [0.15, 0.2) is 0 Å². The predicted molar refractivity (Wildman–Crippen MR) is 88.4 cm³/mol. The van der Waals surface area contributed by atoms with Gasteiger partial charge in [-0.1, -0.05) is 29.3 Å². The number of non-ortho nitro benzene ring substituents is 1. The van der Waals surface area contributed by atoms with Crippen LogP contribution in [-0.2, 0) is 16.1 Å². The van der Waals surface area contributed by atoms with E-state index in [9.17, 15) is 14.9 Å². The highest BCUT2D eigenvalue weighted by Crippen LogP contribution is 2.22. The van der Waals surface area contributed by atoms with E-state index in [4.69, 9.17) is 27.9 Å². The molecule has 0 aliphatic carbocycles. The summed E-state index contributed by atoms with van der Waals surface area (Å²) in [6.07, 6.45) is 2.76. The van der Waals surface area contributed by atoms with Crippen LogP contribution in [0.1, 0.15) is 11.1 Å². The summed E-state index contributed by atoms with van der Waals surface area (Å²) in [5.74, 6) is -0.533. The monoisotopic (exact) mass is 351 g/mol. The van der Waals surface area contributed by atoms with E-state index < -0.39 is 10.9 Å². The molecular formula is C16H11Cl2NO4. The van der Waals surface area contributed by atoms with Crippen molar-refractivity contribution in [1.29, 1.82) is 0 Å². The maximum atomic E-state index is 11.6. The number of carbonyl (C=O) groups excluding carboxylic acids is 1. The summed E-state index contributed by atoms with van der Waals surface area (Å²) in [6.45, 7) is 0.0698. The van der Waals surface area contributed by atoms with Crippen LogP contribution in [0.25, 0.3) is 6.08 Å². The fraction of sp³-hybridized carbons (Fsp3) is 0.0625. The average Bonchev–Trinajstić information content (AvgIpc) is 2.54. The quantitative estimate of drug-likeness (QED) is 0.340. The van der Waals surface area contributed by atoms with Crippen molar-refractivity contribution >= 4 is 40.9 Å². The SMILES string of the molecule is O=C(/C=C/c1ccc([N+](=O)[O-])cc1)OCc1ccc(Cl)c(Cl)c1. The zero-order valence-corrected chi connectivity index (χ0v) is 13.3. The minimum atomic E-state index is -0.533. The summed E-state index contributed by atoms with van der Waals surface area (Å²) in [5.41, 5.74) is 1.36. The standard InChI is InChI=1S/C16H11Cl2NO4/c17-14-7-3-12(9-15(14)18)10-23-16(20)8-4-11-1-5-13(6-2-11)19(21)22/h1-9H,10H2/b8-4+. The number of carbonyl (C=O) groups is 1. The lowest BCUT2D eigenvalue weighted by atomic mass is 10.2. The van der Waals surface area contributed by atoms with Crippen LogP contribution in [0.15, 0.2) is 48.5 Å². The van der Waals surface area contributed by atoms with Crippen molar-refractivity contribution in [2.45, 2.75) is 6.61 Å². The lowest BCUT2D eigenvalue weighted by molar-refractivity contribution is -0.384. The topological polar surface area (TPSA) is 69.4 Å². The summed E-state index contributed by atoms with van der Waals surface area (Å²) in [6, 6.07) is 10.8. The van der Waals surface area contributed by atoms with Crippen LogP contribution in [0.5, 0.6) is 0 Å². The molecule has 2 aromatic rings. The summed E-state index contributed by atoms with van der Waals surface area (Å²) < 4.78 is 5.07. The number of hydrogen-bond donors (Lipinski definition) is 0. The van der Waals surface area contributed by atoms with Gasteiger partial charge in [-0.3, -0.25) is 10.1 Å². The molecule has 0 N–H and O–H groups in total. The molecule has 2 rings (SSSR count). The Morgan fingerprint density at radius 2 is 1.83 bits per heavy atom. The van der Waals surface area contributed by atoms with Crippen molar-refractivity contribution in [2.75, 3.05) is 0 Å². The highest BCUT2D eigenvalue weighted by atomic mass is 35.5. The third kappa shape index (κ3) is 5.09. The maximum absolute atomic E-state index is 11.6. The van der Waals surface area contributed by atoms with Gasteiger partial charge in [-0.2, -0.15) is 0 Å². The van der Waals surface area contributed by atoms with Gasteiger partial charge in [-0.05, 0) is 41.5 Å². The van der Waals surface area contributed by atoms with Crippen LogP contribution in [-0.4, -0.2) is 10.9 Å². The number of nitro groups is 1. The summed E-state index contributed by atoms with van der Waals surface area (Å²) in [4.78, 5) is 21.7. The number of halogens is 2. The van der Waals surface area contributed by atoms with Crippen molar-refractivity contribution in [3.8, 4) is 0 Å². The second kappa shape index (κ2) is 7.76. The van der Waals surface area contributed by atoms with E-state index in [0.717, 1.165) is 5.56 Å². The van der Waals surface area contributed by atoms with Crippen molar-refractivity contribution in [3.63, 3.8) is 0 Å². The van der Waals surface area contributed by atoms with Gasteiger partial charge < -0.3 is 4.74 Å². The number of nitro benzene ring substituents is 1.